The van der Waals surface area contributed by atoms with Crippen molar-refractivity contribution in [3.8, 4) is 0 Å². The Morgan fingerprint density at radius 2 is 1.63 bits per heavy atom. The molecule has 0 saturated heterocycles. The average Bonchev–Trinajstić information content (AvgIpc) is 3.44. The highest BCUT2D eigenvalue weighted by Crippen LogP contribution is 2.77. The third-order valence-corrected chi connectivity index (χ3v) is 17.5. The molecule has 0 radical (unpaired) electrons. The van der Waals surface area contributed by atoms with Crippen molar-refractivity contribution in [3.63, 3.8) is 0 Å². The summed E-state index contributed by atoms with van der Waals surface area (Å²) in [4.78, 5) is 61.5. The monoisotopic (exact) mass is 838 g/mol. The van der Waals surface area contributed by atoms with Crippen LogP contribution in [0.5, 0.6) is 0 Å². The summed E-state index contributed by atoms with van der Waals surface area (Å²) in [5.41, 5.74) is 0.367. The molecule has 0 bridgehead atoms. The molecule has 11 heteroatoms. The number of hydrogen-bond acceptors (Lipinski definition) is 8. The van der Waals surface area contributed by atoms with E-state index in [1.165, 1.54) is 5.57 Å². The predicted molar refractivity (Wildman–Crippen MR) is 229 cm³/mol. The first kappa shape index (κ1) is 45.7. The minimum atomic E-state index is -1.19. The van der Waals surface area contributed by atoms with Crippen molar-refractivity contribution in [1.82, 2.24) is 14.8 Å². The van der Waals surface area contributed by atoms with Crippen molar-refractivity contribution in [2.24, 2.45) is 56.2 Å². The standard InChI is InChI=1S/C48H72ClN3O7/c1-28(2)40-33(53)23-48(36(54)26-52(38(55)27-51(11)12)29(3)32-15-13-30(49)25-50-32)22-21-46(9)31(41(40)48)14-16-35-45(8)19-18-37(59-39(56)24-43(4,5)42(57)58)44(6,7)34(45)17-20-47(35,46)10/h13,15,25,28-29,31,34-37,54H,14,16-24,26-27H2,1-12H3,(H,57,58). The van der Waals surface area contributed by atoms with Crippen LogP contribution in [0.1, 0.15) is 145 Å². The van der Waals surface area contributed by atoms with E-state index in [4.69, 9.17) is 16.3 Å². The van der Waals surface area contributed by atoms with Crippen LogP contribution in [0.3, 0.4) is 0 Å². The molecule has 328 valence electrons. The van der Waals surface area contributed by atoms with Crippen molar-refractivity contribution in [2.45, 2.75) is 152 Å². The number of carboxylic acids is 1. The number of nitrogens with zero attached hydrogens (tertiary/aromatic N) is 3. The van der Waals surface area contributed by atoms with Crippen LogP contribution in [0.25, 0.3) is 0 Å². The fourth-order valence-electron chi connectivity index (χ4n) is 13.9. The van der Waals surface area contributed by atoms with Crippen molar-refractivity contribution < 1.29 is 34.1 Å². The summed E-state index contributed by atoms with van der Waals surface area (Å²) in [5, 5.41) is 22.9. The molecular weight excluding hydrogens is 766 g/mol. The summed E-state index contributed by atoms with van der Waals surface area (Å²) in [6.07, 6.45) is 7.67. The first-order valence-corrected chi connectivity index (χ1v) is 22.6. The quantitative estimate of drug-likeness (QED) is 0.198. The third kappa shape index (κ3) is 7.51. The molecule has 1 aromatic heterocycles. The number of allylic oxidation sites excluding steroid dienone is 1. The van der Waals surface area contributed by atoms with Crippen molar-refractivity contribution >= 4 is 35.2 Å². The molecule has 10 nitrogen and oxygen atoms in total. The number of rotatable bonds is 12. The fraction of sp³-hybridized carbons (Fsp3) is 0.771. The first-order valence-electron chi connectivity index (χ1n) is 22.2. The molecule has 4 saturated carbocycles. The van der Waals surface area contributed by atoms with Crippen LogP contribution in [0.15, 0.2) is 29.5 Å². The van der Waals surface area contributed by atoms with Gasteiger partial charge in [-0.3, -0.25) is 24.2 Å². The molecule has 10 unspecified atom stereocenters. The molecule has 6 rings (SSSR count). The number of carbonyl (C=O) groups is 4. The van der Waals surface area contributed by atoms with Gasteiger partial charge in [0.1, 0.15) is 6.10 Å². The number of fused-ring (bicyclic) bond motifs is 7. The van der Waals surface area contributed by atoms with Crippen LogP contribution in [0.4, 0.5) is 0 Å². The van der Waals surface area contributed by atoms with Crippen molar-refractivity contribution in [2.75, 3.05) is 27.2 Å². The number of hydrogen-bond donors (Lipinski definition) is 2. The molecule has 0 aliphatic heterocycles. The second-order valence-electron chi connectivity index (χ2n) is 21.9. The van der Waals surface area contributed by atoms with E-state index in [9.17, 15) is 29.4 Å². The number of ether oxygens (including phenoxy) is 1. The minimum absolute atomic E-state index is 0.00165. The Labute approximate surface area is 358 Å². The second kappa shape index (κ2) is 15.8. The molecule has 0 aromatic carbocycles. The molecule has 10 atom stereocenters. The number of aromatic nitrogens is 1. The lowest BCUT2D eigenvalue weighted by molar-refractivity contribution is -0.235. The van der Waals surface area contributed by atoms with E-state index in [0.29, 0.717) is 29.0 Å². The van der Waals surface area contributed by atoms with E-state index < -0.39 is 34.9 Å². The fourth-order valence-corrected chi connectivity index (χ4v) is 14.0. The highest BCUT2D eigenvalue weighted by molar-refractivity contribution is 6.30. The molecule has 1 aromatic rings. The number of halogens is 1. The molecule has 5 aliphatic rings. The number of amides is 1. The molecule has 2 N–H and O–H groups in total. The van der Waals surface area contributed by atoms with Crippen LogP contribution >= 0.6 is 11.6 Å². The summed E-state index contributed by atoms with van der Waals surface area (Å²) in [6, 6.07) is 3.19. The lowest BCUT2D eigenvalue weighted by Gasteiger charge is -2.72. The van der Waals surface area contributed by atoms with Gasteiger partial charge < -0.3 is 24.7 Å². The number of esters is 1. The lowest BCUT2D eigenvalue weighted by atomic mass is 9.33. The number of aliphatic hydroxyl groups excluding tert-OH is 1. The van der Waals surface area contributed by atoms with Gasteiger partial charge in [-0.05, 0) is 144 Å². The lowest BCUT2D eigenvalue weighted by Crippen LogP contribution is -2.66. The first-order chi connectivity index (χ1) is 27.3. The van der Waals surface area contributed by atoms with Gasteiger partial charge in [0.25, 0.3) is 0 Å². The molecule has 0 spiro atoms. The van der Waals surface area contributed by atoms with Gasteiger partial charge in [0, 0.05) is 30.0 Å². The topological polar surface area (TPSA) is 137 Å². The number of aliphatic carboxylic acids is 1. The normalized spacial score (nSPS) is 35.0. The van der Waals surface area contributed by atoms with Crippen LogP contribution in [0.2, 0.25) is 5.02 Å². The van der Waals surface area contributed by atoms with E-state index in [1.807, 2.05) is 32.0 Å². The molecule has 59 heavy (non-hydrogen) atoms. The van der Waals surface area contributed by atoms with Gasteiger partial charge in [0.15, 0.2) is 5.78 Å². The summed E-state index contributed by atoms with van der Waals surface area (Å²) < 4.78 is 6.18. The van der Waals surface area contributed by atoms with E-state index in [0.717, 1.165) is 50.5 Å². The Balaban J connectivity index is 1.31. The molecule has 1 heterocycles. The van der Waals surface area contributed by atoms with Crippen LogP contribution in [-0.2, 0) is 23.9 Å². The van der Waals surface area contributed by atoms with Gasteiger partial charge in [0.05, 0.1) is 41.2 Å². The Morgan fingerprint density at radius 3 is 2.22 bits per heavy atom. The zero-order valence-electron chi connectivity index (χ0n) is 37.9. The summed E-state index contributed by atoms with van der Waals surface area (Å²) in [6.45, 7) is 21.6. The number of Topliss-reactive ketones (excluding diaryl/α,β-unsaturated/α-hetero) is 1. The number of aliphatic hydroxyl groups is 1. The zero-order valence-corrected chi connectivity index (χ0v) is 38.7. The predicted octanol–water partition coefficient (Wildman–Crippen LogP) is 8.94. The van der Waals surface area contributed by atoms with Crippen LogP contribution in [0, 0.1) is 56.2 Å². The maximum Gasteiger partial charge on any atom is 0.309 e. The Hall–Kier alpha value is -2.82. The Kier molecular flexibility index (Phi) is 12.3. The van der Waals surface area contributed by atoms with Gasteiger partial charge in [-0.25, -0.2) is 0 Å². The molecule has 4 fully saturated rings. The highest BCUT2D eigenvalue weighted by atomic mass is 35.5. The van der Waals surface area contributed by atoms with Crippen LogP contribution in [-0.4, -0.2) is 88.0 Å². The largest absolute Gasteiger partial charge is 0.481 e. The SMILES string of the molecule is CC(C)C1=C2C3CCC4C5(C)CCC(OC(=O)CC(C)(C)C(=O)O)C(C)(C)C5CCC4(C)C3(C)CCC2(C(O)CN(C(=O)CN(C)C)C(C)c2ccc(Cl)cn2)CC1=O. The van der Waals surface area contributed by atoms with Gasteiger partial charge in [-0.1, -0.05) is 65.6 Å². The number of ketones is 1. The number of pyridine rings is 1. The Morgan fingerprint density at radius 1 is 0.949 bits per heavy atom. The van der Waals surface area contributed by atoms with Gasteiger partial charge in [-0.15, -0.1) is 0 Å². The van der Waals surface area contributed by atoms with Crippen molar-refractivity contribution in [3.05, 3.63) is 40.2 Å². The minimum Gasteiger partial charge on any atom is -0.481 e. The van der Waals surface area contributed by atoms with Gasteiger partial charge >= 0.3 is 11.9 Å². The Bertz CT molecular complexity index is 1860. The summed E-state index contributed by atoms with van der Waals surface area (Å²) in [5.74, 6) is -0.546. The number of carbonyl (C=O) groups excluding carboxylic acids is 3. The van der Waals surface area contributed by atoms with Crippen molar-refractivity contribution in [1.29, 1.82) is 0 Å². The number of likely N-dealkylation sites (N-methyl/N-ethyl adjacent to an activating group) is 1. The van der Waals surface area contributed by atoms with Gasteiger partial charge in [0.2, 0.25) is 5.91 Å². The smallest absolute Gasteiger partial charge is 0.309 e. The van der Waals surface area contributed by atoms with Crippen LogP contribution < -0.4 is 0 Å². The van der Waals surface area contributed by atoms with E-state index in [2.05, 4.69) is 53.5 Å². The van der Waals surface area contributed by atoms with E-state index in [1.54, 1.807) is 31.0 Å². The third-order valence-electron chi connectivity index (χ3n) is 17.3. The summed E-state index contributed by atoms with van der Waals surface area (Å²) in [7, 11) is 3.73. The second-order valence-corrected chi connectivity index (χ2v) is 22.4. The maximum atomic E-state index is 14.4. The highest BCUT2D eigenvalue weighted by Gasteiger charge is 2.71. The maximum absolute atomic E-state index is 14.4. The zero-order chi connectivity index (χ0) is 43.8. The number of carboxylic acid groups (broad SMARTS) is 1. The van der Waals surface area contributed by atoms with Gasteiger partial charge in [-0.2, -0.15) is 0 Å². The molecule has 1 amide bonds. The molecular formula is C48H72ClN3O7. The molecule has 5 aliphatic carbocycles. The average molecular weight is 839 g/mol. The summed E-state index contributed by atoms with van der Waals surface area (Å²) >= 11 is 6.19. The van der Waals surface area contributed by atoms with E-state index in [-0.39, 0.29) is 77.2 Å². The van der Waals surface area contributed by atoms with E-state index >= 15 is 0 Å².